The molecule has 2 aliphatic rings. The maximum Gasteiger partial charge on any atom is 0.160 e. The van der Waals surface area contributed by atoms with E-state index in [0.717, 1.165) is 28.4 Å². The van der Waals surface area contributed by atoms with Crippen molar-refractivity contribution in [2.45, 2.75) is 26.2 Å². The predicted molar refractivity (Wildman–Crippen MR) is 81.3 cm³/mol. The minimum absolute atomic E-state index is 0.827. The number of nitrogens with zero attached hydrogens (tertiary/aromatic N) is 2. The minimum Gasteiger partial charge on any atom is -0.236 e. The molecule has 98 valence electrons. The Morgan fingerprint density at radius 2 is 1.95 bits per heavy atom. The molecule has 0 aliphatic heterocycles. The van der Waals surface area contributed by atoms with Crippen LogP contribution >= 0.6 is 0 Å². The zero-order valence-electron chi connectivity index (χ0n) is 11.6. The van der Waals surface area contributed by atoms with E-state index in [1.165, 1.54) is 24.0 Å². The summed E-state index contributed by atoms with van der Waals surface area (Å²) in [5.74, 6) is 0.827. The van der Waals surface area contributed by atoms with Gasteiger partial charge in [0, 0.05) is 17.0 Å². The molecule has 1 aromatic heterocycles. The highest BCUT2D eigenvalue weighted by molar-refractivity contribution is 5.62. The number of hydrogen-bond acceptors (Lipinski definition) is 2. The van der Waals surface area contributed by atoms with Crippen LogP contribution in [0.15, 0.2) is 41.6 Å². The Morgan fingerprint density at radius 1 is 1.10 bits per heavy atom. The number of fused-ring (bicyclic) bond motifs is 1. The first kappa shape index (κ1) is 11.6. The zero-order valence-corrected chi connectivity index (χ0v) is 11.6. The Bertz CT molecular complexity index is 838. The summed E-state index contributed by atoms with van der Waals surface area (Å²) in [7, 11) is 0. The fourth-order valence-electron chi connectivity index (χ4n) is 2.70. The maximum atomic E-state index is 4.77. The number of aromatic nitrogens is 2. The van der Waals surface area contributed by atoms with Crippen LogP contribution in [0.4, 0.5) is 0 Å². The highest BCUT2D eigenvalue weighted by Gasteiger charge is 2.17. The van der Waals surface area contributed by atoms with Crippen molar-refractivity contribution in [3.63, 3.8) is 0 Å². The van der Waals surface area contributed by atoms with Crippen molar-refractivity contribution in [1.29, 1.82) is 0 Å². The van der Waals surface area contributed by atoms with Crippen molar-refractivity contribution in [1.82, 2.24) is 9.97 Å². The van der Waals surface area contributed by atoms with Gasteiger partial charge in [-0.1, -0.05) is 35.9 Å². The van der Waals surface area contributed by atoms with Crippen LogP contribution in [0.25, 0.3) is 23.5 Å². The van der Waals surface area contributed by atoms with Gasteiger partial charge in [-0.3, -0.25) is 0 Å². The summed E-state index contributed by atoms with van der Waals surface area (Å²) in [6, 6.07) is 8.28. The molecule has 20 heavy (non-hydrogen) atoms. The number of benzene rings is 1. The Hall–Kier alpha value is -2.22. The monoisotopic (exact) mass is 260 g/mol. The molecule has 1 fully saturated rings. The third-order valence-corrected chi connectivity index (χ3v) is 4.04. The lowest BCUT2D eigenvalue weighted by molar-refractivity contribution is 1.09. The highest BCUT2D eigenvalue weighted by Crippen LogP contribution is 2.34. The van der Waals surface area contributed by atoms with E-state index in [0.29, 0.717) is 0 Å². The lowest BCUT2D eigenvalue weighted by atomic mass is 10.0. The van der Waals surface area contributed by atoms with E-state index in [1.807, 2.05) is 18.3 Å². The van der Waals surface area contributed by atoms with Gasteiger partial charge >= 0.3 is 0 Å². The first-order valence-corrected chi connectivity index (χ1v) is 7.13. The van der Waals surface area contributed by atoms with Crippen LogP contribution in [-0.2, 0) is 0 Å². The van der Waals surface area contributed by atoms with Crippen molar-refractivity contribution in [3.05, 3.63) is 57.7 Å². The molecule has 1 aromatic carbocycles. The summed E-state index contributed by atoms with van der Waals surface area (Å²) in [6.07, 6.45) is 10.0. The molecule has 0 radical (unpaired) electrons. The van der Waals surface area contributed by atoms with Gasteiger partial charge < -0.3 is 0 Å². The predicted octanol–water partition coefficient (Wildman–Crippen LogP) is 2.51. The quantitative estimate of drug-likeness (QED) is 0.787. The fraction of sp³-hybridized carbons (Fsp3) is 0.222. The Morgan fingerprint density at radius 3 is 2.75 bits per heavy atom. The van der Waals surface area contributed by atoms with Gasteiger partial charge in [-0.05, 0) is 43.4 Å². The lowest BCUT2D eigenvalue weighted by Crippen LogP contribution is -2.31. The molecular formula is C18H16N2. The Labute approximate surface area is 118 Å². The van der Waals surface area contributed by atoms with E-state index >= 15 is 0 Å². The topological polar surface area (TPSA) is 25.8 Å². The van der Waals surface area contributed by atoms with Crippen LogP contribution in [-0.4, -0.2) is 9.97 Å². The highest BCUT2D eigenvalue weighted by atomic mass is 14.9. The van der Waals surface area contributed by atoms with E-state index in [-0.39, 0.29) is 0 Å². The number of allylic oxidation sites excluding steroid dienone is 2. The molecule has 0 amide bonds. The second kappa shape index (κ2) is 4.41. The van der Waals surface area contributed by atoms with E-state index in [9.17, 15) is 0 Å². The van der Waals surface area contributed by atoms with Crippen molar-refractivity contribution < 1.29 is 0 Å². The minimum atomic E-state index is 0.827. The Balaban J connectivity index is 1.90. The summed E-state index contributed by atoms with van der Waals surface area (Å²) in [5.41, 5.74) is 5.40. The third kappa shape index (κ3) is 1.97. The van der Waals surface area contributed by atoms with Gasteiger partial charge in [0.05, 0.1) is 5.35 Å². The molecular weight excluding hydrogens is 244 g/mol. The second-order valence-corrected chi connectivity index (χ2v) is 5.53. The average molecular weight is 260 g/mol. The van der Waals surface area contributed by atoms with E-state index < -0.39 is 0 Å². The molecule has 2 aromatic rings. The SMILES string of the molecule is Cc1ccccc1-c1ncc2c(n1)=CC(=C1CC1)CC=2. The van der Waals surface area contributed by atoms with Crippen LogP contribution in [0.1, 0.15) is 24.8 Å². The van der Waals surface area contributed by atoms with Crippen LogP contribution < -0.4 is 10.6 Å². The van der Waals surface area contributed by atoms with Crippen molar-refractivity contribution in [2.24, 2.45) is 0 Å². The van der Waals surface area contributed by atoms with E-state index in [4.69, 9.17) is 4.98 Å². The second-order valence-electron chi connectivity index (χ2n) is 5.53. The van der Waals surface area contributed by atoms with Crippen LogP contribution in [0, 0.1) is 6.92 Å². The summed E-state index contributed by atoms with van der Waals surface area (Å²) in [5, 5.41) is 2.23. The normalized spacial score (nSPS) is 16.2. The molecule has 0 spiro atoms. The molecule has 0 N–H and O–H groups in total. The fourth-order valence-corrected chi connectivity index (χ4v) is 2.70. The molecule has 4 rings (SSSR count). The Kier molecular flexibility index (Phi) is 2.56. The van der Waals surface area contributed by atoms with Gasteiger partial charge in [0.2, 0.25) is 0 Å². The molecule has 0 atom stereocenters. The number of hydrogen-bond donors (Lipinski definition) is 0. The zero-order chi connectivity index (χ0) is 13.5. The maximum absolute atomic E-state index is 4.77. The summed E-state index contributed by atoms with van der Waals surface area (Å²) in [4.78, 5) is 9.30. The first-order valence-electron chi connectivity index (χ1n) is 7.13. The summed E-state index contributed by atoms with van der Waals surface area (Å²) in [6.45, 7) is 2.10. The van der Waals surface area contributed by atoms with Crippen molar-refractivity contribution >= 4 is 12.2 Å². The van der Waals surface area contributed by atoms with Gasteiger partial charge in [0.15, 0.2) is 5.82 Å². The molecule has 2 nitrogen and oxygen atoms in total. The van der Waals surface area contributed by atoms with E-state index in [2.05, 4.69) is 36.2 Å². The van der Waals surface area contributed by atoms with Crippen LogP contribution in [0.5, 0.6) is 0 Å². The van der Waals surface area contributed by atoms with Crippen LogP contribution in [0.2, 0.25) is 0 Å². The molecule has 1 saturated carbocycles. The first-order chi connectivity index (χ1) is 9.81. The molecule has 0 saturated heterocycles. The van der Waals surface area contributed by atoms with Gasteiger partial charge in [0.1, 0.15) is 0 Å². The van der Waals surface area contributed by atoms with E-state index in [1.54, 1.807) is 5.57 Å². The average Bonchev–Trinajstić information content (AvgIpc) is 3.31. The molecule has 2 aliphatic carbocycles. The lowest BCUT2D eigenvalue weighted by Gasteiger charge is -2.07. The molecule has 0 bridgehead atoms. The molecule has 2 heteroatoms. The smallest absolute Gasteiger partial charge is 0.160 e. The number of rotatable bonds is 1. The van der Waals surface area contributed by atoms with Gasteiger partial charge in [-0.25, -0.2) is 9.97 Å². The van der Waals surface area contributed by atoms with Crippen molar-refractivity contribution in [2.75, 3.05) is 0 Å². The summed E-state index contributed by atoms with van der Waals surface area (Å²) < 4.78 is 0. The molecule has 0 unspecified atom stereocenters. The molecule has 1 heterocycles. The summed E-state index contributed by atoms with van der Waals surface area (Å²) >= 11 is 0. The van der Waals surface area contributed by atoms with Crippen LogP contribution in [0.3, 0.4) is 0 Å². The number of aryl methyl sites for hydroxylation is 1. The van der Waals surface area contributed by atoms with Gasteiger partial charge in [-0.15, -0.1) is 0 Å². The largest absolute Gasteiger partial charge is 0.236 e. The van der Waals surface area contributed by atoms with Crippen molar-refractivity contribution in [3.8, 4) is 11.4 Å². The van der Waals surface area contributed by atoms with Gasteiger partial charge in [-0.2, -0.15) is 0 Å². The standard InChI is InChI=1S/C18H16N2/c1-12-4-2-3-5-16(12)18-19-11-15-9-8-14(13-6-7-13)10-17(15)20-18/h2-5,9-11H,6-8H2,1H3. The third-order valence-electron chi connectivity index (χ3n) is 4.04. The van der Waals surface area contributed by atoms with Gasteiger partial charge in [0.25, 0.3) is 0 Å².